The van der Waals surface area contributed by atoms with Crippen LogP contribution in [0.2, 0.25) is 0 Å². The van der Waals surface area contributed by atoms with E-state index in [4.69, 9.17) is 9.47 Å². The molecule has 1 atom stereocenters. The molecule has 0 radical (unpaired) electrons. The van der Waals surface area contributed by atoms with Crippen LogP contribution in [-0.4, -0.2) is 64.7 Å². The van der Waals surface area contributed by atoms with E-state index in [0.29, 0.717) is 43.3 Å². The van der Waals surface area contributed by atoms with Crippen LogP contribution in [0.25, 0.3) is 0 Å². The number of benzene rings is 3. The summed E-state index contributed by atoms with van der Waals surface area (Å²) in [7, 11) is 3.31. The molecule has 2 N–H and O–H groups in total. The average molecular weight is 589 g/mol. The number of hydrogen-bond acceptors (Lipinski definition) is 8. The van der Waals surface area contributed by atoms with E-state index in [1.165, 1.54) is 17.8 Å². The first kappa shape index (κ1) is 30.8. The molecular weight excluding hydrogens is 552 g/mol. The van der Waals surface area contributed by atoms with Crippen LogP contribution in [0.3, 0.4) is 0 Å². The molecule has 0 bridgehead atoms. The SMILES string of the molecule is COCCCn1c(SCC(=O)c2ccccc2)nnc1C(CCNC(=O)c1ccccc1O)Cc1ccccc1OC. The zero-order valence-corrected chi connectivity index (χ0v) is 24.7. The predicted octanol–water partition coefficient (Wildman–Crippen LogP) is 5.15. The summed E-state index contributed by atoms with van der Waals surface area (Å²) >= 11 is 1.36. The van der Waals surface area contributed by atoms with Gasteiger partial charge in [0, 0.05) is 38.3 Å². The van der Waals surface area contributed by atoms with E-state index >= 15 is 0 Å². The third kappa shape index (κ3) is 8.20. The Balaban J connectivity index is 1.58. The van der Waals surface area contributed by atoms with Crippen LogP contribution in [0.4, 0.5) is 0 Å². The number of Topliss-reactive ketones (excluding diaryl/α,β-unsaturated/α-hetero) is 1. The second kappa shape index (κ2) is 15.7. The monoisotopic (exact) mass is 588 g/mol. The van der Waals surface area contributed by atoms with Gasteiger partial charge in [-0.25, -0.2) is 0 Å². The Morgan fingerprint density at radius 2 is 1.71 bits per heavy atom. The quantitative estimate of drug-likeness (QED) is 0.105. The molecule has 0 aliphatic heterocycles. The topological polar surface area (TPSA) is 116 Å². The number of ether oxygens (including phenoxy) is 2. The number of aromatic nitrogens is 3. The van der Waals surface area contributed by atoms with E-state index in [1.807, 2.05) is 54.6 Å². The molecule has 0 spiro atoms. The molecule has 1 amide bonds. The highest BCUT2D eigenvalue weighted by Gasteiger charge is 2.24. The van der Waals surface area contributed by atoms with Crippen molar-refractivity contribution in [2.75, 3.05) is 33.1 Å². The van der Waals surface area contributed by atoms with E-state index in [2.05, 4.69) is 20.1 Å². The van der Waals surface area contributed by atoms with Gasteiger partial charge in [0.2, 0.25) is 0 Å². The van der Waals surface area contributed by atoms with Crippen molar-refractivity contribution < 1.29 is 24.2 Å². The molecule has 3 aromatic carbocycles. The van der Waals surface area contributed by atoms with E-state index in [9.17, 15) is 14.7 Å². The number of hydrogen-bond donors (Lipinski definition) is 2. The van der Waals surface area contributed by atoms with Crippen LogP contribution in [0.15, 0.2) is 84.0 Å². The number of thioether (sulfide) groups is 1. The van der Waals surface area contributed by atoms with Crippen LogP contribution in [0, 0.1) is 0 Å². The molecule has 0 saturated heterocycles. The molecular formula is C32H36N4O5S. The van der Waals surface area contributed by atoms with Crippen LogP contribution < -0.4 is 10.1 Å². The first-order chi connectivity index (χ1) is 20.5. The van der Waals surface area contributed by atoms with Gasteiger partial charge in [0.05, 0.1) is 18.4 Å². The summed E-state index contributed by atoms with van der Waals surface area (Å²) in [5, 5.41) is 22.8. The molecule has 220 valence electrons. The van der Waals surface area contributed by atoms with Crippen LogP contribution >= 0.6 is 11.8 Å². The van der Waals surface area contributed by atoms with Gasteiger partial charge in [-0.2, -0.15) is 0 Å². The highest BCUT2D eigenvalue weighted by atomic mass is 32.2. The molecule has 0 fully saturated rings. The number of nitrogens with one attached hydrogen (secondary N) is 1. The Labute approximate surface area is 250 Å². The Morgan fingerprint density at radius 1 is 0.976 bits per heavy atom. The minimum Gasteiger partial charge on any atom is -0.507 e. The molecule has 1 aromatic heterocycles. The van der Waals surface area contributed by atoms with Crippen LogP contribution in [0.1, 0.15) is 50.9 Å². The van der Waals surface area contributed by atoms with Crippen molar-refractivity contribution in [1.29, 1.82) is 0 Å². The third-order valence-corrected chi connectivity index (χ3v) is 7.82. The van der Waals surface area contributed by atoms with E-state index < -0.39 is 0 Å². The second-order valence-corrected chi connectivity index (χ2v) is 10.6. The normalized spacial score (nSPS) is 11.7. The Bertz CT molecular complexity index is 1460. The fraction of sp³-hybridized carbons (Fsp3) is 0.312. The van der Waals surface area contributed by atoms with Gasteiger partial charge < -0.3 is 24.5 Å². The van der Waals surface area contributed by atoms with Gasteiger partial charge in [-0.05, 0) is 43.0 Å². The third-order valence-electron chi connectivity index (χ3n) is 6.85. The number of carbonyl (C=O) groups excluding carboxylic acids is 2. The number of methoxy groups -OCH3 is 2. The van der Waals surface area contributed by atoms with E-state index in [1.54, 1.807) is 32.4 Å². The van der Waals surface area contributed by atoms with Crippen molar-refractivity contribution in [2.24, 2.45) is 0 Å². The van der Waals surface area contributed by atoms with Crippen molar-refractivity contribution in [3.8, 4) is 11.5 Å². The van der Waals surface area contributed by atoms with Gasteiger partial charge in [-0.1, -0.05) is 72.4 Å². The lowest BCUT2D eigenvalue weighted by Gasteiger charge is -2.20. The fourth-order valence-electron chi connectivity index (χ4n) is 4.70. The lowest BCUT2D eigenvalue weighted by atomic mass is 9.94. The predicted molar refractivity (Wildman–Crippen MR) is 163 cm³/mol. The van der Waals surface area contributed by atoms with Crippen molar-refractivity contribution >= 4 is 23.5 Å². The van der Waals surface area contributed by atoms with Crippen molar-refractivity contribution in [3.63, 3.8) is 0 Å². The van der Waals surface area contributed by atoms with Gasteiger partial charge in [0.15, 0.2) is 10.9 Å². The first-order valence-corrected chi connectivity index (χ1v) is 14.8. The molecule has 10 heteroatoms. The van der Waals surface area contributed by atoms with Gasteiger partial charge in [-0.3, -0.25) is 9.59 Å². The number of phenols is 1. The molecule has 0 aliphatic carbocycles. The average Bonchev–Trinajstić information content (AvgIpc) is 3.42. The zero-order valence-electron chi connectivity index (χ0n) is 23.9. The summed E-state index contributed by atoms with van der Waals surface area (Å²) in [6.45, 7) is 1.54. The molecule has 0 saturated carbocycles. The molecule has 4 rings (SSSR count). The highest BCUT2D eigenvalue weighted by molar-refractivity contribution is 7.99. The lowest BCUT2D eigenvalue weighted by molar-refractivity contribution is 0.0948. The largest absolute Gasteiger partial charge is 0.507 e. The minimum atomic E-state index is -0.346. The maximum atomic E-state index is 12.8. The lowest BCUT2D eigenvalue weighted by Crippen LogP contribution is -2.27. The Kier molecular flexibility index (Phi) is 11.5. The van der Waals surface area contributed by atoms with Crippen molar-refractivity contribution in [2.45, 2.75) is 36.9 Å². The van der Waals surface area contributed by atoms with Gasteiger partial charge >= 0.3 is 0 Å². The summed E-state index contributed by atoms with van der Waals surface area (Å²) in [4.78, 5) is 25.6. The van der Waals surface area contributed by atoms with Gasteiger partial charge in [0.1, 0.15) is 17.3 Å². The first-order valence-electron chi connectivity index (χ1n) is 13.8. The fourth-order valence-corrected chi connectivity index (χ4v) is 5.57. The zero-order chi connectivity index (χ0) is 29.7. The van der Waals surface area contributed by atoms with Crippen LogP contribution in [0.5, 0.6) is 11.5 Å². The molecule has 0 aliphatic rings. The maximum absolute atomic E-state index is 12.8. The molecule has 1 heterocycles. The van der Waals surface area contributed by atoms with E-state index in [0.717, 1.165) is 23.6 Å². The minimum absolute atomic E-state index is 0.0195. The molecule has 42 heavy (non-hydrogen) atoms. The summed E-state index contributed by atoms with van der Waals surface area (Å²) in [5.41, 5.74) is 1.89. The number of carbonyl (C=O) groups is 2. The number of rotatable bonds is 16. The van der Waals surface area contributed by atoms with E-state index in [-0.39, 0.29) is 34.7 Å². The van der Waals surface area contributed by atoms with Crippen LogP contribution in [-0.2, 0) is 17.7 Å². The summed E-state index contributed by atoms with van der Waals surface area (Å²) in [6, 6.07) is 23.5. The molecule has 4 aromatic rings. The number of nitrogens with zero attached hydrogens (tertiary/aromatic N) is 3. The summed E-state index contributed by atoms with van der Waals surface area (Å²) in [5.74, 6) is 1.26. The number of para-hydroxylation sites is 2. The summed E-state index contributed by atoms with van der Waals surface area (Å²) < 4.78 is 13.0. The number of ketones is 1. The molecule has 1 unspecified atom stereocenters. The molecule has 9 nitrogen and oxygen atoms in total. The highest BCUT2D eigenvalue weighted by Crippen LogP contribution is 2.30. The number of amides is 1. The smallest absolute Gasteiger partial charge is 0.255 e. The number of phenolic OH excluding ortho intramolecular Hbond substituents is 1. The van der Waals surface area contributed by atoms with Gasteiger partial charge in [0.25, 0.3) is 5.91 Å². The summed E-state index contributed by atoms with van der Waals surface area (Å²) in [6.07, 6.45) is 1.91. The Hall–Kier alpha value is -4.15. The van der Waals surface area contributed by atoms with Crippen molar-refractivity contribution in [3.05, 3.63) is 101 Å². The second-order valence-electron chi connectivity index (χ2n) is 9.69. The van der Waals surface area contributed by atoms with Gasteiger partial charge in [-0.15, -0.1) is 10.2 Å². The maximum Gasteiger partial charge on any atom is 0.255 e. The number of aromatic hydroxyl groups is 1. The van der Waals surface area contributed by atoms with Crippen molar-refractivity contribution in [1.82, 2.24) is 20.1 Å². The Morgan fingerprint density at radius 3 is 2.48 bits per heavy atom. The standard InChI is InChI=1S/C32H36N4O5S/c1-40-20-10-19-36-30(34-35-32(36)42-22-28(38)23-11-4-3-5-12-23)25(21-24-13-6-9-16-29(24)41-2)17-18-33-31(39)26-14-7-8-15-27(26)37/h3-9,11-16,25,37H,10,17-22H2,1-2H3,(H,33,39).